The first-order valence-electron chi connectivity index (χ1n) is 5.55. The predicted octanol–water partition coefficient (Wildman–Crippen LogP) is 4.06. The van der Waals surface area contributed by atoms with E-state index in [1.807, 2.05) is 17.5 Å². The zero-order chi connectivity index (χ0) is 13.7. The van der Waals surface area contributed by atoms with Gasteiger partial charge >= 0.3 is 0 Å². The van der Waals surface area contributed by atoms with E-state index in [-0.39, 0.29) is 5.91 Å². The summed E-state index contributed by atoms with van der Waals surface area (Å²) in [6, 6.07) is 8.94. The van der Waals surface area contributed by atoms with Crippen LogP contribution < -0.4 is 10.1 Å². The van der Waals surface area contributed by atoms with Crippen LogP contribution in [0.1, 0.15) is 4.88 Å². The molecule has 0 spiro atoms. The van der Waals surface area contributed by atoms with E-state index in [4.69, 9.17) is 16.3 Å². The Morgan fingerprint density at radius 3 is 2.95 bits per heavy atom. The minimum atomic E-state index is -0.228. The summed E-state index contributed by atoms with van der Waals surface area (Å²) < 4.78 is 5.16. The second-order valence-corrected chi connectivity index (χ2v) is 5.10. The molecule has 1 N–H and O–H groups in total. The van der Waals surface area contributed by atoms with Crippen molar-refractivity contribution < 1.29 is 9.53 Å². The van der Waals surface area contributed by atoms with Gasteiger partial charge < -0.3 is 10.1 Å². The minimum absolute atomic E-state index is 0.228. The van der Waals surface area contributed by atoms with Gasteiger partial charge in [-0.3, -0.25) is 4.79 Å². The summed E-state index contributed by atoms with van der Waals surface area (Å²) in [7, 11) is 1.54. The highest BCUT2D eigenvalue weighted by Crippen LogP contribution is 2.27. The van der Waals surface area contributed by atoms with E-state index in [1.54, 1.807) is 42.7 Å². The molecule has 5 heteroatoms. The molecule has 0 saturated heterocycles. The number of hydrogen-bond acceptors (Lipinski definition) is 3. The Morgan fingerprint density at radius 1 is 1.42 bits per heavy atom. The van der Waals surface area contributed by atoms with Crippen molar-refractivity contribution in [1.29, 1.82) is 0 Å². The average Bonchev–Trinajstić information content (AvgIpc) is 2.90. The van der Waals surface area contributed by atoms with E-state index in [1.165, 1.54) is 6.08 Å². The van der Waals surface area contributed by atoms with Crippen molar-refractivity contribution in [1.82, 2.24) is 0 Å². The van der Waals surface area contributed by atoms with Gasteiger partial charge in [-0.05, 0) is 35.7 Å². The molecule has 0 aliphatic rings. The highest BCUT2D eigenvalue weighted by Gasteiger charge is 2.06. The first-order valence-corrected chi connectivity index (χ1v) is 6.81. The van der Waals surface area contributed by atoms with E-state index in [0.717, 1.165) is 4.88 Å². The first kappa shape index (κ1) is 13.6. The van der Waals surface area contributed by atoms with Gasteiger partial charge in [0.15, 0.2) is 0 Å². The van der Waals surface area contributed by atoms with Crippen LogP contribution in [0.3, 0.4) is 0 Å². The van der Waals surface area contributed by atoms with Crippen molar-refractivity contribution in [2.24, 2.45) is 0 Å². The number of methoxy groups -OCH3 is 1. The van der Waals surface area contributed by atoms with Gasteiger partial charge in [0.25, 0.3) is 0 Å². The second-order valence-electron chi connectivity index (χ2n) is 3.68. The number of halogens is 1. The molecular weight excluding hydrogens is 282 g/mol. The zero-order valence-corrected chi connectivity index (χ0v) is 11.8. The number of amides is 1. The Hall–Kier alpha value is -1.78. The van der Waals surface area contributed by atoms with Crippen LogP contribution >= 0.6 is 22.9 Å². The fourth-order valence-electron chi connectivity index (χ4n) is 1.50. The Labute approximate surface area is 120 Å². The Kier molecular flexibility index (Phi) is 4.60. The standard InChI is InChI=1S/C14H12ClNO2S/c1-18-13-6-4-10(15)9-12(13)16-14(17)7-5-11-3-2-8-19-11/h2-9H,1H3,(H,16,17)/b7-5+. The highest BCUT2D eigenvalue weighted by atomic mass is 35.5. The summed E-state index contributed by atoms with van der Waals surface area (Å²) in [6.45, 7) is 0. The van der Waals surface area contributed by atoms with E-state index in [9.17, 15) is 4.79 Å². The smallest absolute Gasteiger partial charge is 0.248 e. The third kappa shape index (κ3) is 3.84. The van der Waals surface area contributed by atoms with Gasteiger partial charge in [-0.1, -0.05) is 17.7 Å². The molecule has 0 radical (unpaired) electrons. The number of nitrogens with one attached hydrogen (secondary N) is 1. The maximum atomic E-state index is 11.8. The Balaban J connectivity index is 2.08. The van der Waals surface area contributed by atoms with Crippen LogP contribution in [0, 0.1) is 0 Å². The number of benzene rings is 1. The molecule has 1 heterocycles. The second kappa shape index (κ2) is 6.41. The summed E-state index contributed by atoms with van der Waals surface area (Å²) in [6.07, 6.45) is 3.24. The topological polar surface area (TPSA) is 38.3 Å². The zero-order valence-electron chi connectivity index (χ0n) is 10.2. The SMILES string of the molecule is COc1ccc(Cl)cc1NC(=O)/C=C/c1cccs1. The molecule has 1 aromatic heterocycles. The van der Waals surface area contributed by atoms with Gasteiger partial charge in [0.2, 0.25) is 5.91 Å². The van der Waals surface area contributed by atoms with E-state index in [2.05, 4.69) is 5.32 Å². The summed E-state index contributed by atoms with van der Waals surface area (Å²) in [5.41, 5.74) is 0.552. The molecule has 3 nitrogen and oxygen atoms in total. The third-order valence-corrected chi connectivity index (χ3v) is 3.43. The quantitative estimate of drug-likeness (QED) is 0.863. The lowest BCUT2D eigenvalue weighted by molar-refractivity contribution is -0.111. The molecule has 98 valence electrons. The number of ether oxygens (including phenoxy) is 1. The Bertz CT molecular complexity index is 593. The Morgan fingerprint density at radius 2 is 2.26 bits per heavy atom. The van der Waals surface area contributed by atoms with Crippen molar-refractivity contribution in [2.45, 2.75) is 0 Å². The van der Waals surface area contributed by atoms with Gasteiger partial charge in [0, 0.05) is 16.0 Å². The molecule has 0 fully saturated rings. The first-order chi connectivity index (χ1) is 9.19. The lowest BCUT2D eigenvalue weighted by atomic mass is 10.3. The van der Waals surface area contributed by atoms with Crippen molar-refractivity contribution in [3.05, 3.63) is 51.7 Å². The van der Waals surface area contributed by atoms with Crippen LogP contribution in [0.25, 0.3) is 6.08 Å². The number of rotatable bonds is 4. The summed E-state index contributed by atoms with van der Waals surface area (Å²) in [5.74, 6) is 0.344. The van der Waals surface area contributed by atoms with Crippen LogP contribution in [-0.4, -0.2) is 13.0 Å². The molecule has 2 rings (SSSR count). The minimum Gasteiger partial charge on any atom is -0.495 e. The molecule has 0 bridgehead atoms. The molecule has 0 aliphatic carbocycles. The summed E-state index contributed by atoms with van der Waals surface area (Å²) >= 11 is 7.46. The van der Waals surface area contributed by atoms with Crippen LogP contribution in [0.4, 0.5) is 5.69 Å². The van der Waals surface area contributed by atoms with Crippen molar-refractivity contribution in [2.75, 3.05) is 12.4 Å². The molecule has 1 amide bonds. The van der Waals surface area contributed by atoms with Crippen LogP contribution in [0.5, 0.6) is 5.75 Å². The average molecular weight is 294 g/mol. The fraction of sp³-hybridized carbons (Fsp3) is 0.0714. The van der Waals surface area contributed by atoms with Crippen LogP contribution in [0.2, 0.25) is 5.02 Å². The summed E-state index contributed by atoms with van der Waals surface area (Å²) in [4.78, 5) is 12.8. The highest BCUT2D eigenvalue weighted by molar-refractivity contribution is 7.10. The number of thiophene rings is 1. The molecule has 0 atom stereocenters. The van der Waals surface area contributed by atoms with Crippen LogP contribution in [-0.2, 0) is 4.79 Å². The largest absolute Gasteiger partial charge is 0.495 e. The monoisotopic (exact) mass is 293 g/mol. The molecule has 2 aromatic rings. The van der Waals surface area contributed by atoms with Gasteiger partial charge in [0.05, 0.1) is 12.8 Å². The number of anilines is 1. The number of carbonyl (C=O) groups excluding carboxylic acids is 1. The van der Waals surface area contributed by atoms with Gasteiger partial charge in [-0.2, -0.15) is 0 Å². The maximum absolute atomic E-state index is 11.8. The van der Waals surface area contributed by atoms with Gasteiger partial charge in [0.1, 0.15) is 5.75 Å². The normalized spacial score (nSPS) is 10.6. The van der Waals surface area contributed by atoms with E-state index < -0.39 is 0 Å². The molecule has 0 aliphatic heterocycles. The third-order valence-electron chi connectivity index (χ3n) is 2.36. The maximum Gasteiger partial charge on any atom is 0.248 e. The van der Waals surface area contributed by atoms with Gasteiger partial charge in [-0.25, -0.2) is 0 Å². The van der Waals surface area contributed by atoms with E-state index in [0.29, 0.717) is 16.5 Å². The number of hydrogen-bond donors (Lipinski definition) is 1. The van der Waals surface area contributed by atoms with Crippen molar-refractivity contribution in [3.63, 3.8) is 0 Å². The van der Waals surface area contributed by atoms with Crippen LogP contribution in [0.15, 0.2) is 41.8 Å². The molecule has 0 saturated carbocycles. The predicted molar refractivity (Wildman–Crippen MR) is 80.0 cm³/mol. The van der Waals surface area contributed by atoms with Gasteiger partial charge in [-0.15, -0.1) is 11.3 Å². The molecule has 0 unspecified atom stereocenters. The lowest BCUT2D eigenvalue weighted by Crippen LogP contribution is -2.08. The number of carbonyl (C=O) groups is 1. The van der Waals surface area contributed by atoms with E-state index >= 15 is 0 Å². The van der Waals surface area contributed by atoms with Crippen molar-refractivity contribution >= 4 is 40.6 Å². The molecular formula is C14H12ClNO2S. The fourth-order valence-corrected chi connectivity index (χ4v) is 2.29. The molecule has 19 heavy (non-hydrogen) atoms. The van der Waals surface area contributed by atoms with Crippen molar-refractivity contribution in [3.8, 4) is 5.75 Å². The lowest BCUT2D eigenvalue weighted by Gasteiger charge is -2.08. The summed E-state index contributed by atoms with van der Waals surface area (Å²) in [5, 5.41) is 5.23. The molecule has 1 aromatic carbocycles.